The molecule has 0 N–H and O–H groups in total. The van der Waals surface area contributed by atoms with Crippen molar-refractivity contribution in [3.8, 4) is 10.7 Å². The van der Waals surface area contributed by atoms with E-state index in [1.54, 1.807) is 0 Å². The van der Waals surface area contributed by atoms with Crippen LogP contribution in [0.3, 0.4) is 0 Å². The molecule has 20 heavy (non-hydrogen) atoms. The van der Waals surface area contributed by atoms with Crippen molar-refractivity contribution in [1.29, 1.82) is 0 Å². The molecule has 0 fully saturated rings. The summed E-state index contributed by atoms with van der Waals surface area (Å²) in [5.41, 5.74) is 0.350. The molecule has 0 saturated heterocycles. The molecular weight excluding hydrogens is 341 g/mol. The second kappa shape index (κ2) is 4.98. The maximum atomic E-state index is 11.6. The number of rotatable bonds is 2. The number of halogens is 2. The molecule has 0 radical (unpaired) electrons. The SMILES string of the molecule is Cc1csc(-c2nnc(S(=O)(=O)Cl)n2C(C)(C)C)c1Cl. The molecule has 2 aromatic heterocycles. The van der Waals surface area contributed by atoms with E-state index in [-0.39, 0.29) is 5.16 Å². The Hall–Kier alpha value is -0.630. The molecule has 5 nitrogen and oxygen atoms in total. The Morgan fingerprint density at radius 3 is 2.30 bits per heavy atom. The monoisotopic (exact) mass is 353 g/mol. The first-order chi connectivity index (χ1) is 9.03. The summed E-state index contributed by atoms with van der Waals surface area (Å²) in [5, 5.41) is 9.85. The van der Waals surface area contributed by atoms with Gasteiger partial charge in [0.05, 0.1) is 9.90 Å². The van der Waals surface area contributed by atoms with Crippen LogP contribution in [-0.4, -0.2) is 23.2 Å². The van der Waals surface area contributed by atoms with E-state index in [2.05, 4.69) is 10.2 Å². The first-order valence-electron chi connectivity index (χ1n) is 5.68. The van der Waals surface area contributed by atoms with Gasteiger partial charge < -0.3 is 0 Å². The molecule has 9 heteroatoms. The fourth-order valence-corrected chi connectivity index (χ4v) is 4.03. The Labute approximate surface area is 131 Å². The van der Waals surface area contributed by atoms with Crippen LogP contribution in [0, 0.1) is 6.92 Å². The summed E-state index contributed by atoms with van der Waals surface area (Å²) in [6.45, 7) is 7.42. The van der Waals surface area contributed by atoms with Gasteiger partial charge in [0, 0.05) is 16.2 Å². The average molecular weight is 354 g/mol. The van der Waals surface area contributed by atoms with Crippen molar-refractivity contribution in [1.82, 2.24) is 14.8 Å². The molecule has 110 valence electrons. The molecule has 0 atom stereocenters. The fourth-order valence-electron chi connectivity index (χ4n) is 1.76. The van der Waals surface area contributed by atoms with E-state index in [1.165, 1.54) is 15.9 Å². The zero-order chi connectivity index (χ0) is 15.3. The highest BCUT2D eigenvalue weighted by Crippen LogP contribution is 2.38. The first kappa shape index (κ1) is 15.8. The molecule has 0 aliphatic heterocycles. The molecular formula is C11H13Cl2N3O2S2. The minimum Gasteiger partial charge on any atom is -0.291 e. The topological polar surface area (TPSA) is 64.8 Å². The number of aryl methyl sites for hydroxylation is 1. The van der Waals surface area contributed by atoms with Crippen LogP contribution in [0.4, 0.5) is 0 Å². The van der Waals surface area contributed by atoms with Crippen LogP contribution in [-0.2, 0) is 14.6 Å². The third kappa shape index (κ3) is 2.72. The van der Waals surface area contributed by atoms with Gasteiger partial charge in [-0.15, -0.1) is 21.5 Å². The number of hydrogen-bond donors (Lipinski definition) is 0. The Kier molecular flexibility index (Phi) is 3.92. The number of hydrogen-bond acceptors (Lipinski definition) is 5. The second-order valence-corrected chi connectivity index (χ2v) is 9.03. The summed E-state index contributed by atoms with van der Waals surface area (Å²) in [7, 11) is 1.45. The van der Waals surface area contributed by atoms with Crippen molar-refractivity contribution >= 4 is 42.7 Å². The summed E-state index contributed by atoms with van der Waals surface area (Å²) < 4.78 is 24.8. The predicted octanol–water partition coefficient (Wildman–Crippen LogP) is 3.65. The lowest BCUT2D eigenvalue weighted by Gasteiger charge is -2.23. The minimum atomic E-state index is -3.99. The summed E-state index contributed by atoms with van der Waals surface area (Å²) in [4.78, 5) is 0.679. The average Bonchev–Trinajstić information content (AvgIpc) is 2.83. The van der Waals surface area contributed by atoms with Crippen LogP contribution < -0.4 is 0 Å². The van der Waals surface area contributed by atoms with Crippen molar-refractivity contribution in [2.24, 2.45) is 0 Å². The Morgan fingerprint density at radius 1 is 1.30 bits per heavy atom. The third-order valence-corrected chi connectivity index (χ3v) is 5.43. The predicted molar refractivity (Wildman–Crippen MR) is 81.1 cm³/mol. The van der Waals surface area contributed by atoms with Crippen LogP contribution >= 0.6 is 33.6 Å². The molecule has 0 unspecified atom stereocenters. The maximum Gasteiger partial charge on any atom is 0.296 e. The molecule has 0 aliphatic rings. The quantitative estimate of drug-likeness (QED) is 0.772. The highest BCUT2D eigenvalue weighted by Gasteiger charge is 2.31. The Bertz CT molecular complexity index is 757. The molecule has 2 aromatic rings. The van der Waals surface area contributed by atoms with E-state index in [0.29, 0.717) is 15.7 Å². The van der Waals surface area contributed by atoms with E-state index in [9.17, 15) is 8.42 Å². The number of nitrogens with zero attached hydrogens (tertiary/aromatic N) is 3. The minimum absolute atomic E-state index is 0.274. The van der Waals surface area contributed by atoms with E-state index >= 15 is 0 Å². The second-order valence-electron chi connectivity index (χ2n) is 5.31. The lowest BCUT2D eigenvalue weighted by atomic mass is 10.1. The van der Waals surface area contributed by atoms with Gasteiger partial charge in [0.25, 0.3) is 14.2 Å². The molecule has 2 heterocycles. The van der Waals surface area contributed by atoms with Crippen molar-refractivity contribution in [3.63, 3.8) is 0 Å². The molecule has 0 spiro atoms. The Morgan fingerprint density at radius 2 is 1.90 bits per heavy atom. The van der Waals surface area contributed by atoms with Gasteiger partial charge in [0.2, 0.25) is 0 Å². The van der Waals surface area contributed by atoms with Crippen molar-refractivity contribution in [2.75, 3.05) is 0 Å². The van der Waals surface area contributed by atoms with E-state index in [4.69, 9.17) is 22.3 Å². The molecule has 0 bridgehead atoms. The van der Waals surface area contributed by atoms with Gasteiger partial charge in [0.1, 0.15) is 0 Å². The van der Waals surface area contributed by atoms with E-state index in [0.717, 1.165) is 5.56 Å². The zero-order valence-electron chi connectivity index (χ0n) is 11.3. The fraction of sp³-hybridized carbons (Fsp3) is 0.455. The summed E-state index contributed by atoms with van der Waals surface area (Å²) >= 11 is 7.63. The van der Waals surface area contributed by atoms with E-state index in [1.807, 2.05) is 33.1 Å². The summed E-state index contributed by atoms with van der Waals surface area (Å²) in [6.07, 6.45) is 0. The summed E-state index contributed by atoms with van der Waals surface area (Å²) in [6, 6.07) is 0. The van der Waals surface area contributed by atoms with Crippen LogP contribution in [0.5, 0.6) is 0 Å². The van der Waals surface area contributed by atoms with Gasteiger partial charge in [-0.3, -0.25) is 4.57 Å². The lowest BCUT2D eigenvalue weighted by Crippen LogP contribution is -2.25. The molecule has 2 rings (SSSR count). The van der Waals surface area contributed by atoms with Crippen LogP contribution in [0.2, 0.25) is 5.02 Å². The summed E-state index contributed by atoms with van der Waals surface area (Å²) in [5.74, 6) is 0.403. The van der Waals surface area contributed by atoms with Gasteiger partial charge in [-0.2, -0.15) is 0 Å². The van der Waals surface area contributed by atoms with Crippen LogP contribution in [0.25, 0.3) is 10.7 Å². The maximum absolute atomic E-state index is 11.6. The van der Waals surface area contributed by atoms with Crippen LogP contribution in [0.15, 0.2) is 10.5 Å². The highest BCUT2D eigenvalue weighted by atomic mass is 35.7. The van der Waals surface area contributed by atoms with Gasteiger partial charge in [-0.05, 0) is 38.6 Å². The normalized spacial score (nSPS) is 12.9. The number of thiophene rings is 1. The molecule has 0 aromatic carbocycles. The van der Waals surface area contributed by atoms with Crippen LogP contribution in [0.1, 0.15) is 26.3 Å². The number of aromatic nitrogens is 3. The van der Waals surface area contributed by atoms with E-state index < -0.39 is 14.6 Å². The third-order valence-electron chi connectivity index (χ3n) is 2.62. The zero-order valence-corrected chi connectivity index (χ0v) is 14.5. The van der Waals surface area contributed by atoms with Gasteiger partial charge >= 0.3 is 0 Å². The van der Waals surface area contributed by atoms with Crippen molar-refractivity contribution in [3.05, 3.63) is 16.0 Å². The van der Waals surface area contributed by atoms with Gasteiger partial charge in [-0.1, -0.05) is 11.6 Å². The molecule has 0 amide bonds. The lowest BCUT2D eigenvalue weighted by molar-refractivity contribution is 0.367. The van der Waals surface area contributed by atoms with Crippen molar-refractivity contribution in [2.45, 2.75) is 38.4 Å². The smallest absolute Gasteiger partial charge is 0.291 e. The first-order valence-corrected chi connectivity index (χ1v) is 9.24. The van der Waals surface area contributed by atoms with Crippen molar-refractivity contribution < 1.29 is 8.42 Å². The Balaban J connectivity index is 2.80. The van der Waals surface area contributed by atoms with Gasteiger partial charge in [-0.25, -0.2) is 8.42 Å². The standard InChI is InChI=1S/C11H13Cl2N3O2S2/c1-6-5-19-8(7(6)12)9-14-15-10(20(13,17)18)16(9)11(2,3)4/h5H,1-4H3. The molecule has 0 saturated carbocycles. The molecule has 0 aliphatic carbocycles. The largest absolute Gasteiger partial charge is 0.296 e. The highest BCUT2D eigenvalue weighted by molar-refractivity contribution is 8.13. The van der Waals surface area contributed by atoms with Gasteiger partial charge in [0.15, 0.2) is 5.82 Å².